The Labute approximate surface area is 164 Å². The average Bonchev–Trinajstić information content (AvgIpc) is 3.13. The van der Waals surface area contributed by atoms with Crippen molar-refractivity contribution in [3.05, 3.63) is 102 Å². The molecule has 0 unspecified atom stereocenters. The van der Waals surface area contributed by atoms with Gasteiger partial charge in [-0.2, -0.15) is 0 Å². The van der Waals surface area contributed by atoms with Crippen LogP contribution in [0.5, 0.6) is 0 Å². The Bertz CT molecular complexity index is 1280. The summed E-state index contributed by atoms with van der Waals surface area (Å²) in [5.41, 5.74) is 6.17. The second-order valence-electron chi connectivity index (χ2n) is 7.70. The minimum Gasteiger partial charge on any atom is -0.455 e. The fourth-order valence-electron chi connectivity index (χ4n) is 3.94. The number of hydrogen-bond donors (Lipinski definition) is 0. The molecule has 2 nitrogen and oxygen atoms in total. The molecule has 0 aliphatic heterocycles. The van der Waals surface area contributed by atoms with Crippen LogP contribution >= 0.6 is 0 Å². The molecule has 0 atom stereocenters. The Morgan fingerprint density at radius 2 is 1.46 bits per heavy atom. The van der Waals surface area contributed by atoms with Gasteiger partial charge in [0.1, 0.15) is 11.2 Å². The van der Waals surface area contributed by atoms with Crippen molar-refractivity contribution in [1.82, 2.24) is 4.98 Å². The minimum absolute atomic E-state index is 0.110. The van der Waals surface area contributed by atoms with Crippen LogP contribution in [0.4, 0.5) is 0 Å². The fraction of sp³-hybridized carbons (Fsp3) is 0.115. The monoisotopic (exact) mass is 363 g/mol. The average molecular weight is 363 g/mol. The summed E-state index contributed by atoms with van der Waals surface area (Å²) < 4.78 is 6.21. The summed E-state index contributed by atoms with van der Waals surface area (Å²) in [6.07, 6.45) is 1.90. The van der Waals surface area contributed by atoms with Gasteiger partial charge in [0, 0.05) is 27.9 Å². The van der Waals surface area contributed by atoms with Gasteiger partial charge in [0.15, 0.2) is 0 Å². The van der Waals surface area contributed by atoms with Gasteiger partial charge in [-0.15, -0.1) is 0 Å². The maximum atomic E-state index is 6.21. The van der Waals surface area contributed by atoms with Crippen LogP contribution in [-0.2, 0) is 5.41 Å². The number of furan rings is 1. The molecule has 0 bridgehead atoms. The van der Waals surface area contributed by atoms with Crippen LogP contribution in [0.1, 0.15) is 25.0 Å². The van der Waals surface area contributed by atoms with Crippen molar-refractivity contribution in [2.45, 2.75) is 19.3 Å². The number of aromatic nitrogens is 1. The maximum absolute atomic E-state index is 6.21. The Hall–Kier alpha value is -3.39. The van der Waals surface area contributed by atoms with Crippen LogP contribution in [-0.4, -0.2) is 4.98 Å². The van der Waals surface area contributed by atoms with E-state index < -0.39 is 0 Å². The highest BCUT2D eigenvalue weighted by atomic mass is 16.3. The third-order valence-electron chi connectivity index (χ3n) is 5.66. The topological polar surface area (TPSA) is 26.0 Å². The van der Waals surface area contributed by atoms with Gasteiger partial charge in [0.2, 0.25) is 0 Å². The third-order valence-corrected chi connectivity index (χ3v) is 5.66. The summed E-state index contributed by atoms with van der Waals surface area (Å²) in [5.74, 6) is 0. The Morgan fingerprint density at radius 3 is 2.32 bits per heavy atom. The predicted octanol–water partition coefficient (Wildman–Crippen LogP) is 6.97. The van der Waals surface area contributed by atoms with Gasteiger partial charge in [-0.3, -0.25) is 4.98 Å². The van der Waals surface area contributed by atoms with E-state index >= 15 is 0 Å². The first-order chi connectivity index (χ1) is 13.6. The van der Waals surface area contributed by atoms with Gasteiger partial charge in [0.05, 0.1) is 5.69 Å². The molecule has 0 N–H and O–H groups in total. The van der Waals surface area contributed by atoms with E-state index in [1.54, 1.807) is 0 Å². The van der Waals surface area contributed by atoms with Crippen LogP contribution in [0.15, 0.2) is 95.5 Å². The molecule has 2 heteroatoms. The molecule has 2 aromatic heterocycles. The molecule has 0 saturated carbocycles. The highest BCUT2D eigenvalue weighted by Gasteiger charge is 2.24. The Balaban J connectivity index is 1.68. The Kier molecular flexibility index (Phi) is 3.80. The summed E-state index contributed by atoms with van der Waals surface area (Å²) in [5, 5.41) is 2.27. The second-order valence-corrected chi connectivity index (χ2v) is 7.70. The Morgan fingerprint density at radius 1 is 0.714 bits per heavy atom. The number of nitrogens with zero attached hydrogens (tertiary/aromatic N) is 1. The van der Waals surface area contributed by atoms with E-state index in [0.29, 0.717) is 0 Å². The zero-order valence-corrected chi connectivity index (χ0v) is 16.0. The normalized spacial score (nSPS) is 11.9. The lowest BCUT2D eigenvalue weighted by atomic mass is 9.78. The van der Waals surface area contributed by atoms with Crippen molar-refractivity contribution in [2.75, 3.05) is 0 Å². The lowest BCUT2D eigenvalue weighted by Gasteiger charge is -2.26. The zero-order valence-electron chi connectivity index (χ0n) is 16.0. The first-order valence-corrected chi connectivity index (χ1v) is 9.57. The molecule has 0 amide bonds. The van der Waals surface area contributed by atoms with Gasteiger partial charge < -0.3 is 4.42 Å². The largest absolute Gasteiger partial charge is 0.455 e. The standard InChI is InChI=1S/C26H21NO/c1-26(2,18-9-4-3-5-10-18)19-15-16-27-23(17-19)22-13-8-12-21-20-11-6-7-14-24(20)28-25(21)22/h3-17H,1-2H3. The van der Waals surface area contributed by atoms with Gasteiger partial charge in [-0.1, -0.05) is 74.5 Å². The first-order valence-electron chi connectivity index (χ1n) is 9.57. The molecule has 2 heterocycles. The van der Waals surface area contributed by atoms with E-state index in [9.17, 15) is 0 Å². The molecule has 0 spiro atoms. The zero-order chi connectivity index (χ0) is 19.1. The predicted molar refractivity (Wildman–Crippen MR) is 116 cm³/mol. The number of para-hydroxylation sites is 2. The van der Waals surface area contributed by atoms with E-state index in [2.05, 4.69) is 85.6 Å². The van der Waals surface area contributed by atoms with Gasteiger partial charge >= 0.3 is 0 Å². The molecule has 0 radical (unpaired) electrons. The molecular formula is C26H21NO. The molecule has 0 fully saturated rings. The molecule has 0 saturated heterocycles. The molecule has 3 aromatic carbocycles. The van der Waals surface area contributed by atoms with Crippen molar-refractivity contribution in [3.63, 3.8) is 0 Å². The maximum Gasteiger partial charge on any atom is 0.144 e. The number of rotatable bonds is 3. The highest BCUT2D eigenvalue weighted by molar-refractivity contribution is 6.09. The quantitative estimate of drug-likeness (QED) is 0.346. The summed E-state index contributed by atoms with van der Waals surface area (Å²) in [4.78, 5) is 4.68. The van der Waals surface area contributed by atoms with Crippen molar-refractivity contribution >= 4 is 21.9 Å². The fourth-order valence-corrected chi connectivity index (χ4v) is 3.94. The van der Waals surface area contributed by atoms with Crippen molar-refractivity contribution in [3.8, 4) is 11.3 Å². The highest BCUT2D eigenvalue weighted by Crippen LogP contribution is 2.37. The summed E-state index contributed by atoms with van der Waals surface area (Å²) in [6, 6.07) is 29.4. The van der Waals surface area contributed by atoms with Gasteiger partial charge in [-0.05, 0) is 35.4 Å². The number of fused-ring (bicyclic) bond motifs is 3. The molecule has 28 heavy (non-hydrogen) atoms. The number of pyridine rings is 1. The smallest absolute Gasteiger partial charge is 0.144 e. The summed E-state index contributed by atoms with van der Waals surface area (Å²) in [6.45, 7) is 4.51. The van der Waals surface area contributed by atoms with Gasteiger partial charge in [0.25, 0.3) is 0 Å². The van der Waals surface area contributed by atoms with Crippen molar-refractivity contribution in [1.29, 1.82) is 0 Å². The number of hydrogen-bond acceptors (Lipinski definition) is 2. The van der Waals surface area contributed by atoms with Gasteiger partial charge in [-0.25, -0.2) is 0 Å². The lowest BCUT2D eigenvalue weighted by molar-refractivity contribution is 0.640. The molecule has 5 rings (SSSR count). The molecular weight excluding hydrogens is 342 g/mol. The molecule has 0 aliphatic rings. The van der Waals surface area contributed by atoms with E-state index in [1.807, 2.05) is 24.4 Å². The van der Waals surface area contributed by atoms with Crippen LogP contribution in [0.2, 0.25) is 0 Å². The SMILES string of the molecule is CC(C)(c1ccccc1)c1ccnc(-c2cccc3c2oc2ccccc23)c1. The van der Waals surface area contributed by atoms with E-state index in [1.165, 1.54) is 11.1 Å². The third kappa shape index (κ3) is 2.61. The van der Waals surface area contributed by atoms with Crippen molar-refractivity contribution < 1.29 is 4.42 Å². The van der Waals surface area contributed by atoms with Crippen LogP contribution in [0.3, 0.4) is 0 Å². The summed E-state index contributed by atoms with van der Waals surface area (Å²) >= 11 is 0. The van der Waals surface area contributed by atoms with Crippen molar-refractivity contribution in [2.24, 2.45) is 0 Å². The van der Waals surface area contributed by atoms with Crippen LogP contribution < -0.4 is 0 Å². The first kappa shape index (κ1) is 16.8. The molecule has 0 aliphatic carbocycles. The van der Waals surface area contributed by atoms with E-state index in [4.69, 9.17) is 4.42 Å². The number of benzene rings is 3. The molecule has 136 valence electrons. The van der Waals surface area contributed by atoms with Crippen LogP contribution in [0.25, 0.3) is 33.2 Å². The summed E-state index contributed by atoms with van der Waals surface area (Å²) in [7, 11) is 0. The second kappa shape index (κ2) is 6.35. The van der Waals surface area contributed by atoms with E-state index in [0.717, 1.165) is 33.2 Å². The molecule has 5 aromatic rings. The van der Waals surface area contributed by atoms with Crippen LogP contribution in [0, 0.1) is 0 Å². The minimum atomic E-state index is -0.110. The van der Waals surface area contributed by atoms with E-state index in [-0.39, 0.29) is 5.41 Å². The lowest BCUT2D eigenvalue weighted by Crippen LogP contribution is -2.18.